The Morgan fingerprint density at radius 1 is 1.40 bits per heavy atom. The monoisotopic (exact) mass is 293 g/mol. The molecular weight excluding hydrogens is 274 g/mol. The highest BCUT2D eigenvalue weighted by atomic mass is 32.2. The van der Waals surface area contributed by atoms with Crippen molar-refractivity contribution in [3.8, 4) is 0 Å². The molecule has 108 valence electrons. The maximum atomic E-state index is 12.1. The molecule has 0 unspecified atom stereocenters. The van der Waals surface area contributed by atoms with Gasteiger partial charge in [0.05, 0.1) is 5.41 Å². The number of thioether (sulfide) groups is 1. The number of carbonyl (C=O) groups is 2. The third kappa shape index (κ3) is 3.15. The smallest absolute Gasteiger partial charge is 0.311 e. The molecule has 1 aliphatic carbocycles. The fourth-order valence-electron chi connectivity index (χ4n) is 2.39. The van der Waals surface area contributed by atoms with Crippen LogP contribution in [0, 0.1) is 5.41 Å². The van der Waals surface area contributed by atoms with Gasteiger partial charge in [-0.15, -0.1) is 0 Å². The summed E-state index contributed by atoms with van der Waals surface area (Å²) in [5.74, 6) is -0.138. The minimum atomic E-state index is -0.805. The molecule has 20 heavy (non-hydrogen) atoms. The van der Waals surface area contributed by atoms with Gasteiger partial charge >= 0.3 is 5.97 Å². The molecule has 1 amide bonds. The number of benzene rings is 1. The molecule has 0 saturated heterocycles. The summed E-state index contributed by atoms with van der Waals surface area (Å²) in [5.41, 5.74) is 0.949. The molecular formula is C15H19NO3S. The molecule has 1 aromatic carbocycles. The minimum absolute atomic E-state index is 0.194. The summed E-state index contributed by atoms with van der Waals surface area (Å²) < 4.78 is 0. The highest BCUT2D eigenvalue weighted by Crippen LogP contribution is 2.40. The predicted molar refractivity (Wildman–Crippen MR) is 79.9 cm³/mol. The molecule has 1 saturated carbocycles. The first-order valence-corrected chi connectivity index (χ1v) is 8.06. The van der Waals surface area contributed by atoms with Crippen molar-refractivity contribution in [2.24, 2.45) is 5.41 Å². The van der Waals surface area contributed by atoms with Crippen molar-refractivity contribution in [2.45, 2.75) is 25.0 Å². The highest BCUT2D eigenvalue weighted by molar-refractivity contribution is 7.97. The van der Waals surface area contributed by atoms with Gasteiger partial charge in [-0.25, -0.2) is 0 Å². The lowest BCUT2D eigenvalue weighted by atomic mass is 9.69. The van der Waals surface area contributed by atoms with E-state index in [0.29, 0.717) is 18.4 Å². The fourth-order valence-corrected chi connectivity index (χ4v) is 2.90. The number of aliphatic carboxylic acids is 1. The average molecular weight is 293 g/mol. The zero-order chi connectivity index (χ0) is 14.6. The second kappa shape index (κ2) is 6.31. The summed E-state index contributed by atoms with van der Waals surface area (Å²) in [6, 6.07) is 7.46. The van der Waals surface area contributed by atoms with Gasteiger partial charge in [-0.3, -0.25) is 9.59 Å². The number of nitrogens with one attached hydrogen (secondary N) is 1. The van der Waals surface area contributed by atoms with Gasteiger partial charge in [0.15, 0.2) is 0 Å². The van der Waals surface area contributed by atoms with E-state index in [1.807, 2.05) is 24.5 Å². The van der Waals surface area contributed by atoms with Crippen LogP contribution >= 0.6 is 11.8 Å². The van der Waals surface area contributed by atoms with Gasteiger partial charge in [0, 0.05) is 17.9 Å². The molecule has 1 fully saturated rings. The third-order valence-corrected chi connectivity index (χ3v) is 4.47. The van der Waals surface area contributed by atoms with Crippen LogP contribution in [0.5, 0.6) is 0 Å². The van der Waals surface area contributed by atoms with E-state index < -0.39 is 11.4 Å². The largest absolute Gasteiger partial charge is 0.481 e. The van der Waals surface area contributed by atoms with Crippen LogP contribution in [0.1, 0.15) is 35.2 Å². The summed E-state index contributed by atoms with van der Waals surface area (Å²) in [6.07, 6.45) is 4.23. The van der Waals surface area contributed by atoms with Crippen molar-refractivity contribution >= 4 is 23.6 Å². The number of carbonyl (C=O) groups excluding carboxylic acids is 1. The van der Waals surface area contributed by atoms with Crippen LogP contribution in [0.4, 0.5) is 0 Å². The van der Waals surface area contributed by atoms with E-state index >= 15 is 0 Å². The first kappa shape index (κ1) is 14.9. The summed E-state index contributed by atoms with van der Waals surface area (Å²) >= 11 is 1.70. The number of hydrogen-bond donors (Lipinski definition) is 2. The third-order valence-electron chi connectivity index (χ3n) is 3.85. The van der Waals surface area contributed by atoms with E-state index in [4.69, 9.17) is 0 Å². The van der Waals surface area contributed by atoms with Gasteiger partial charge in [0.1, 0.15) is 0 Å². The quantitative estimate of drug-likeness (QED) is 0.846. The number of hydrogen-bond acceptors (Lipinski definition) is 3. The Morgan fingerprint density at radius 3 is 2.70 bits per heavy atom. The van der Waals surface area contributed by atoms with E-state index in [9.17, 15) is 14.7 Å². The second-order valence-electron chi connectivity index (χ2n) is 5.26. The number of rotatable bonds is 6. The van der Waals surface area contributed by atoms with Crippen LogP contribution in [0.15, 0.2) is 24.3 Å². The Morgan fingerprint density at radius 2 is 2.15 bits per heavy atom. The Hall–Kier alpha value is -1.49. The fraction of sp³-hybridized carbons (Fsp3) is 0.467. The van der Waals surface area contributed by atoms with Gasteiger partial charge in [-0.1, -0.05) is 18.6 Å². The number of carboxylic acid groups (broad SMARTS) is 1. The van der Waals surface area contributed by atoms with Crippen LogP contribution in [-0.4, -0.2) is 29.8 Å². The maximum Gasteiger partial charge on any atom is 0.311 e. The second-order valence-corrected chi connectivity index (χ2v) is 6.12. The molecule has 1 aliphatic rings. The maximum absolute atomic E-state index is 12.1. The summed E-state index contributed by atoms with van der Waals surface area (Å²) in [7, 11) is 0. The van der Waals surface area contributed by atoms with Crippen molar-refractivity contribution in [2.75, 3.05) is 12.8 Å². The van der Waals surface area contributed by atoms with Gasteiger partial charge in [0.25, 0.3) is 5.91 Å². The number of amides is 1. The Labute approximate surface area is 123 Å². The molecule has 0 bridgehead atoms. The zero-order valence-electron chi connectivity index (χ0n) is 11.5. The minimum Gasteiger partial charge on any atom is -0.481 e. The van der Waals surface area contributed by atoms with E-state index in [0.717, 1.165) is 17.7 Å². The topological polar surface area (TPSA) is 66.4 Å². The molecule has 1 aromatic rings. The van der Waals surface area contributed by atoms with Crippen LogP contribution < -0.4 is 5.32 Å². The molecule has 0 aliphatic heterocycles. The highest BCUT2D eigenvalue weighted by Gasteiger charge is 2.44. The van der Waals surface area contributed by atoms with Gasteiger partial charge < -0.3 is 10.4 Å². The molecule has 0 atom stereocenters. The van der Waals surface area contributed by atoms with Gasteiger partial charge in [0.2, 0.25) is 0 Å². The van der Waals surface area contributed by atoms with E-state index in [2.05, 4.69) is 5.32 Å². The first-order chi connectivity index (χ1) is 9.57. The summed E-state index contributed by atoms with van der Waals surface area (Å²) in [4.78, 5) is 23.3. The van der Waals surface area contributed by atoms with Gasteiger partial charge in [-0.2, -0.15) is 11.8 Å². The van der Waals surface area contributed by atoms with Crippen molar-refractivity contribution in [1.29, 1.82) is 0 Å². The summed E-state index contributed by atoms with van der Waals surface area (Å²) in [5, 5.41) is 12.0. The lowest BCUT2D eigenvalue weighted by Gasteiger charge is -2.37. The Kier molecular flexibility index (Phi) is 4.70. The normalized spacial score (nSPS) is 16.2. The standard InChI is InChI=1S/C15H19NO3S/c1-20-9-11-4-2-5-12(8-11)13(17)16-10-15(14(18)19)6-3-7-15/h2,4-5,8H,3,6-7,9-10H2,1H3,(H,16,17)(H,18,19). The zero-order valence-corrected chi connectivity index (χ0v) is 12.3. The first-order valence-electron chi connectivity index (χ1n) is 6.67. The molecule has 0 heterocycles. The van der Waals surface area contributed by atoms with Crippen molar-refractivity contribution in [3.63, 3.8) is 0 Å². The molecule has 5 heteroatoms. The predicted octanol–water partition coefficient (Wildman–Crippen LogP) is 2.53. The molecule has 0 spiro atoms. The lowest BCUT2D eigenvalue weighted by Crippen LogP contribution is -2.47. The SMILES string of the molecule is CSCc1cccc(C(=O)NCC2(C(=O)O)CCC2)c1. The van der Waals surface area contributed by atoms with E-state index in [1.165, 1.54) is 0 Å². The van der Waals surface area contributed by atoms with Crippen molar-refractivity contribution < 1.29 is 14.7 Å². The average Bonchev–Trinajstić information content (AvgIpc) is 2.37. The molecule has 2 rings (SSSR count). The molecule has 0 radical (unpaired) electrons. The molecule has 2 N–H and O–H groups in total. The number of carboxylic acids is 1. The van der Waals surface area contributed by atoms with Crippen LogP contribution in [0.2, 0.25) is 0 Å². The Balaban J connectivity index is 1.98. The van der Waals surface area contributed by atoms with Crippen LogP contribution in [0.3, 0.4) is 0 Å². The Bertz CT molecular complexity index is 512. The summed E-state index contributed by atoms with van der Waals surface area (Å²) in [6.45, 7) is 0.216. The van der Waals surface area contributed by atoms with E-state index in [-0.39, 0.29) is 12.5 Å². The van der Waals surface area contributed by atoms with Crippen LogP contribution in [0.25, 0.3) is 0 Å². The molecule has 4 nitrogen and oxygen atoms in total. The van der Waals surface area contributed by atoms with Crippen molar-refractivity contribution in [3.05, 3.63) is 35.4 Å². The lowest BCUT2D eigenvalue weighted by molar-refractivity contribution is -0.153. The van der Waals surface area contributed by atoms with Crippen LogP contribution in [-0.2, 0) is 10.5 Å². The van der Waals surface area contributed by atoms with E-state index in [1.54, 1.807) is 17.8 Å². The van der Waals surface area contributed by atoms with Crippen molar-refractivity contribution in [1.82, 2.24) is 5.32 Å². The van der Waals surface area contributed by atoms with Gasteiger partial charge in [-0.05, 0) is 36.8 Å². The molecule has 0 aromatic heterocycles.